The van der Waals surface area contributed by atoms with Crippen LogP contribution in [0.2, 0.25) is 0 Å². The van der Waals surface area contributed by atoms with Crippen LogP contribution in [0.3, 0.4) is 0 Å². The molecule has 174 valence electrons. The monoisotopic (exact) mass is 447 g/mol. The number of rotatable bonds is 5. The zero-order valence-corrected chi connectivity index (χ0v) is 19.5. The topological polar surface area (TPSA) is 65.8 Å². The Balaban J connectivity index is 1.55. The first-order valence-corrected chi connectivity index (χ1v) is 12.2. The molecule has 33 heavy (non-hydrogen) atoms. The summed E-state index contributed by atoms with van der Waals surface area (Å²) < 4.78 is 1.86. The van der Waals surface area contributed by atoms with Crippen molar-refractivity contribution >= 4 is 12.0 Å². The van der Waals surface area contributed by atoms with Crippen LogP contribution >= 0.6 is 0 Å². The van der Waals surface area contributed by atoms with Crippen molar-refractivity contribution in [2.75, 3.05) is 19.7 Å². The maximum absolute atomic E-state index is 14.0. The van der Waals surface area contributed by atoms with Gasteiger partial charge < -0.3 is 14.6 Å². The maximum atomic E-state index is 14.0. The van der Waals surface area contributed by atoms with Gasteiger partial charge in [-0.1, -0.05) is 43.3 Å². The van der Waals surface area contributed by atoms with Gasteiger partial charge in [0.2, 0.25) is 5.91 Å². The molecular weight excluding hydrogens is 414 g/mol. The molecule has 6 nitrogen and oxygen atoms in total. The standard InChI is InChI=1S/C27H33N3O3/c1-3-7-19-10-11-22-25-24(27(33)28-14-12-18-8-5-6-9-20(18)15-28)21(17-31)23(29(25)13-4-2)16-30(22)26(19)32/h3,5-11,21,23-25,31H,4,12-17H2,1-2H3/b7-3+/t21-,23-,24+,25+/m0/s1. The molecule has 1 saturated heterocycles. The number of benzene rings is 1. The third kappa shape index (κ3) is 3.56. The number of aliphatic hydroxyl groups excluding tert-OH is 1. The van der Waals surface area contributed by atoms with Crippen molar-refractivity contribution < 1.29 is 9.90 Å². The smallest absolute Gasteiger partial charge is 0.258 e. The minimum atomic E-state index is -0.350. The number of hydrogen-bond donors (Lipinski definition) is 1. The van der Waals surface area contributed by atoms with Gasteiger partial charge in [0.1, 0.15) is 0 Å². The molecular formula is C27H33N3O3. The average molecular weight is 448 g/mol. The summed E-state index contributed by atoms with van der Waals surface area (Å²) in [7, 11) is 0. The van der Waals surface area contributed by atoms with Gasteiger partial charge in [-0.15, -0.1) is 0 Å². The van der Waals surface area contributed by atoms with E-state index in [0.717, 1.165) is 25.1 Å². The Labute approximate surface area is 195 Å². The molecule has 3 aliphatic rings. The predicted octanol–water partition coefficient (Wildman–Crippen LogP) is 2.84. The van der Waals surface area contributed by atoms with E-state index in [-0.39, 0.29) is 42.0 Å². The van der Waals surface area contributed by atoms with Crippen molar-refractivity contribution in [3.05, 3.63) is 75.2 Å². The summed E-state index contributed by atoms with van der Waals surface area (Å²) in [6.07, 6.45) is 5.53. The fraction of sp³-hybridized carbons (Fsp3) is 0.481. The van der Waals surface area contributed by atoms with Crippen LogP contribution < -0.4 is 5.56 Å². The minimum Gasteiger partial charge on any atom is -0.396 e. The Bertz CT molecular complexity index is 1140. The highest BCUT2D eigenvalue weighted by Crippen LogP contribution is 2.49. The molecule has 1 fully saturated rings. The lowest BCUT2D eigenvalue weighted by atomic mass is 9.85. The van der Waals surface area contributed by atoms with E-state index in [2.05, 4.69) is 30.0 Å². The molecule has 0 radical (unpaired) electrons. The number of amides is 1. The van der Waals surface area contributed by atoms with Gasteiger partial charge in [0.15, 0.2) is 0 Å². The molecule has 0 spiro atoms. The molecule has 0 saturated carbocycles. The molecule has 1 N–H and O–H groups in total. The largest absolute Gasteiger partial charge is 0.396 e. The molecule has 4 atom stereocenters. The minimum absolute atomic E-state index is 0.00608. The summed E-state index contributed by atoms with van der Waals surface area (Å²) in [4.78, 5) is 31.6. The highest BCUT2D eigenvalue weighted by atomic mass is 16.3. The van der Waals surface area contributed by atoms with Crippen LogP contribution in [0, 0.1) is 11.8 Å². The van der Waals surface area contributed by atoms with Crippen LogP contribution in [0.5, 0.6) is 0 Å². The van der Waals surface area contributed by atoms with Gasteiger partial charge in [-0.05, 0) is 49.6 Å². The van der Waals surface area contributed by atoms with Crippen LogP contribution in [0.4, 0.5) is 0 Å². The van der Waals surface area contributed by atoms with Crippen LogP contribution in [0.1, 0.15) is 48.7 Å². The molecule has 2 aromatic rings. The fourth-order valence-corrected chi connectivity index (χ4v) is 6.29. The van der Waals surface area contributed by atoms with E-state index in [1.807, 2.05) is 46.7 Å². The van der Waals surface area contributed by atoms with Crippen LogP contribution in [0.15, 0.2) is 47.3 Å². The van der Waals surface area contributed by atoms with Gasteiger partial charge in [0, 0.05) is 49.5 Å². The summed E-state index contributed by atoms with van der Waals surface area (Å²) in [6, 6.07) is 12.0. The fourth-order valence-electron chi connectivity index (χ4n) is 6.29. The normalized spacial score (nSPS) is 26.5. The molecule has 4 heterocycles. The molecule has 5 rings (SSSR count). The Morgan fingerprint density at radius 2 is 1.97 bits per heavy atom. The van der Waals surface area contributed by atoms with Gasteiger partial charge in [-0.3, -0.25) is 14.5 Å². The third-order valence-corrected chi connectivity index (χ3v) is 7.76. The van der Waals surface area contributed by atoms with Crippen molar-refractivity contribution in [1.82, 2.24) is 14.4 Å². The van der Waals surface area contributed by atoms with E-state index in [1.165, 1.54) is 11.1 Å². The summed E-state index contributed by atoms with van der Waals surface area (Å²) in [5.74, 6) is -0.427. The van der Waals surface area contributed by atoms with E-state index in [1.54, 1.807) is 0 Å². The first kappa shape index (κ1) is 22.1. The number of aliphatic hydroxyl groups is 1. The number of aromatic nitrogens is 1. The number of pyridine rings is 1. The zero-order valence-electron chi connectivity index (χ0n) is 19.5. The number of hydrogen-bond acceptors (Lipinski definition) is 4. The van der Waals surface area contributed by atoms with Gasteiger partial charge in [-0.25, -0.2) is 0 Å². The second kappa shape index (κ2) is 8.92. The second-order valence-corrected chi connectivity index (χ2v) is 9.53. The number of fused-ring (bicyclic) bond motifs is 5. The highest BCUT2D eigenvalue weighted by molar-refractivity contribution is 5.81. The molecule has 3 aliphatic heterocycles. The van der Waals surface area contributed by atoms with E-state index in [0.29, 0.717) is 25.2 Å². The predicted molar refractivity (Wildman–Crippen MR) is 129 cm³/mol. The van der Waals surface area contributed by atoms with E-state index < -0.39 is 0 Å². The Hall–Kier alpha value is -2.70. The maximum Gasteiger partial charge on any atom is 0.258 e. The number of allylic oxidation sites excluding steroid dienone is 1. The molecule has 1 aromatic heterocycles. The lowest BCUT2D eigenvalue weighted by Crippen LogP contribution is -2.47. The first-order valence-electron chi connectivity index (χ1n) is 12.2. The molecule has 0 aliphatic carbocycles. The van der Waals surface area contributed by atoms with E-state index in [4.69, 9.17) is 0 Å². The molecule has 0 unspecified atom stereocenters. The number of carbonyl (C=O) groups excluding carboxylic acids is 1. The van der Waals surface area contributed by atoms with Gasteiger partial charge >= 0.3 is 0 Å². The van der Waals surface area contributed by atoms with E-state index in [9.17, 15) is 14.7 Å². The van der Waals surface area contributed by atoms with Crippen LogP contribution in [-0.2, 0) is 24.3 Å². The first-order chi connectivity index (χ1) is 16.1. The quantitative estimate of drug-likeness (QED) is 0.766. The van der Waals surface area contributed by atoms with Crippen molar-refractivity contribution in [2.45, 2.75) is 51.9 Å². The molecule has 1 amide bonds. The lowest BCUT2D eigenvalue weighted by molar-refractivity contribution is -0.139. The second-order valence-electron chi connectivity index (χ2n) is 9.53. The Morgan fingerprint density at radius 3 is 2.70 bits per heavy atom. The van der Waals surface area contributed by atoms with Gasteiger partial charge in [-0.2, -0.15) is 0 Å². The van der Waals surface area contributed by atoms with Crippen LogP contribution in [-0.4, -0.2) is 51.1 Å². The number of nitrogens with zero attached hydrogens (tertiary/aromatic N) is 3. The molecule has 6 heteroatoms. The Kier molecular flexibility index (Phi) is 5.97. The SMILES string of the molecule is C/C=C/c1ccc2n(c1=O)C[C@H]1[C@H](CO)[C@@H](C(=O)N3CCc4ccccc4C3)[C@@H]2N1CCC. The molecule has 2 bridgehead atoms. The van der Waals surface area contributed by atoms with Crippen molar-refractivity contribution in [1.29, 1.82) is 0 Å². The van der Waals surface area contributed by atoms with Crippen molar-refractivity contribution in [2.24, 2.45) is 11.8 Å². The summed E-state index contributed by atoms with van der Waals surface area (Å²) >= 11 is 0. The number of carbonyl (C=O) groups is 1. The Morgan fingerprint density at radius 1 is 1.18 bits per heavy atom. The van der Waals surface area contributed by atoms with Crippen molar-refractivity contribution in [3.8, 4) is 0 Å². The third-order valence-electron chi connectivity index (χ3n) is 7.76. The van der Waals surface area contributed by atoms with Gasteiger partial charge in [0.25, 0.3) is 5.56 Å². The van der Waals surface area contributed by atoms with Crippen LogP contribution in [0.25, 0.3) is 6.08 Å². The summed E-state index contributed by atoms with van der Waals surface area (Å²) in [6.45, 7) is 6.68. The highest BCUT2D eigenvalue weighted by Gasteiger charge is 2.56. The lowest BCUT2D eigenvalue weighted by Gasteiger charge is -2.38. The van der Waals surface area contributed by atoms with E-state index >= 15 is 0 Å². The van der Waals surface area contributed by atoms with Crippen molar-refractivity contribution in [3.63, 3.8) is 0 Å². The summed E-state index contributed by atoms with van der Waals surface area (Å²) in [5, 5.41) is 10.5. The zero-order chi connectivity index (χ0) is 23.1. The van der Waals surface area contributed by atoms with Gasteiger partial charge in [0.05, 0.1) is 12.0 Å². The molecule has 1 aromatic carbocycles. The summed E-state index contributed by atoms with van der Waals surface area (Å²) in [5.41, 5.74) is 4.09. The average Bonchev–Trinajstić information content (AvgIpc) is 3.04.